The van der Waals surface area contributed by atoms with Crippen LogP contribution in [-0.4, -0.2) is 53.0 Å². The Morgan fingerprint density at radius 3 is 2.42 bits per heavy atom. The maximum absolute atomic E-state index is 14.9. The SMILES string of the molecule is CCc1cc(C)c(OCc2c(C)nc(-c3c(C)cccc3C)nc2N2CCN(CC(N)=O)[C@H](C)C2)c(F)c1. The number of benzene rings is 2. The van der Waals surface area contributed by atoms with E-state index in [4.69, 9.17) is 20.4 Å². The lowest BCUT2D eigenvalue weighted by Gasteiger charge is -2.40. The number of nitrogens with two attached hydrogens (primary N) is 1. The van der Waals surface area contributed by atoms with Gasteiger partial charge < -0.3 is 15.4 Å². The molecule has 1 atom stereocenters. The van der Waals surface area contributed by atoms with Gasteiger partial charge in [-0.1, -0.05) is 31.2 Å². The molecule has 1 saturated heterocycles. The monoisotopic (exact) mass is 519 g/mol. The van der Waals surface area contributed by atoms with Gasteiger partial charge in [0, 0.05) is 31.2 Å². The number of aryl methyl sites for hydroxylation is 5. The molecule has 4 rings (SSSR count). The van der Waals surface area contributed by atoms with Crippen LogP contribution in [0.25, 0.3) is 11.4 Å². The van der Waals surface area contributed by atoms with Gasteiger partial charge in [-0.05, 0) is 69.4 Å². The van der Waals surface area contributed by atoms with E-state index >= 15 is 0 Å². The number of primary amides is 1. The number of carbonyl (C=O) groups is 1. The Kier molecular flexibility index (Phi) is 8.31. The predicted molar refractivity (Wildman–Crippen MR) is 149 cm³/mol. The van der Waals surface area contributed by atoms with E-state index in [1.807, 2.05) is 32.9 Å². The van der Waals surface area contributed by atoms with Crippen molar-refractivity contribution in [1.29, 1.82) is 0 Å². The first-order valence-corrected chi connectivity index (χ1v) is 13.2. The molecule has 38 heavy (non-hydrogen) atoms. The van der Waals surface area contributed by atoms with Gasteiger partial charge in [0.05, 0.1) is 17.8 Å². The van der Waals surface area contributed by atoms with E-state index in [-0.39, 0.29) is 36.7 Å². The second kappa shape index (κ2) is 11.5. The van der Waals surface area contributed by atoms with Gasteiger partial charge in [-0.3, -0.25) is 9.69 Å². The summed E-state index contributed by atoms with van der Waals surface area (Å²) in [7, 11) is 0. The van der Waals surface area contributed by atoms with Crippen LogP contribution in [0.15, 0.2) is 30.3 Å². The Morgan fingerprint density at radius 2 is 1.82 bits per heavy atom. The Labute approximate surface area is 224 Å². The lowest BCUT2D eigenvalue weighted by atomic mass is 10.0. The van der Waals surface area contributed by atoms with Crippen LogP contribution in [0.3, 0.4) is 0 Å². The van der Waals surface area contributed by atoms with Crippen molar-refractivity contribution in [2.75, 3.05) is 31.1 Å². The molecule has 1 fully saturated rings. The summed E-state index contributed by atoms with van der Waals surface area (Å²) in [6.07, 6.45) is 0.759. The summed E-state index contributed by atoms with van der Waals surface area (Å²) in [6, 6.07) is 9.76. The number of carbonyl (C=O) groups excluding carboxylic acids is 1. The molecular weight excluding hydrogens is 481 g/mol. The maximum Gasteiger partial charge on any atom is 0.231 e. The smallest absolute Gasteiger partial charge is 0.231 e. The molecule has 0 saturated carbocycles. The summed E-state index contributed by atoms with van der Waals surface area (Å²) < 4.78 is 21.0. The molecule has 0 bridgehead atoms. The summed E-state index contributed by atoms with van der Waals surface area (Å²) in [5.74, 6) is 1.01. The third kappa shape index (κ3) is 5.80. The normalized spacial score (nSPS) is 16.1. The molecule has 202 valence electrons. The van der Waals surface area contributed by atoms with Crippen LogP contribution in [0.5, 0.6) is 5.75 Å². The molecule has 1 aromatic heterocycles. The Hall–Kier alpha value is -3.52. The summed E-state index contributed by atoms with van der Waals surface area (Å²) in [5.41, 5.74) is 12.0. The minimum absolute atomic E-state index is 0.102. The van der Waals surface area contributed by atoms with Crippen molar-refractivity contribution in [3.05, 3.63) is 69.7 Å². The maximum atomic E-state index is 14.9. The van der Waals surface area contributed by atoms with E-state index in [9.17, 15) is 9.18 Å². The lowest BCUT2D eigenvalue weighted by Crippen LogP contribution is -2.54. The summed E-state index contributed by atoms with van der Waals surface area (Å²) >= 11 is 0. The molecular formula is C30H38FN5O2. The number of halogens is 1. The van der Waals surface area contributed by atoms with Gasteiger partial charge in [-0.25, -0.2) is 14.4 Å². The van der Waals surface area contributed by atoms with Gasteiger partial charge >= 0.3 is 0 Å². The second-order valence-electron chi connectivity index (χ2n) is 10.3. The molecule has 0 aliphatic carbocycles. The van der Waals surface area contributed by atoms with Crippen molar-refractivity contribution in [1.82, 2.24) is 14.9 Å². The number of hydrogen-bond donors (Lipinski definition) is 1. The minimum atomic E-state index is -0.359. The number of ether oxygens (including phenoxy) is 1. The quantitative estimate of drug-likeness (QED) is 0.466. The predicted octanol–water partition coefficient (Wildman–Crippen LogP) is 4.65. The van der Waals surface area contributed by atoms with Crippen LogP contribution in [0.1, 0.15) is 47.4 Å². The molecule has 2 heterocycles. The van der Waals surface area contributed by atoms with Crippen molar-refractivity contribution in [3.8, 4) is 17.1 Å². The molecule has 7 nitrogen and oxygen atoms in total. The van der Waals surface area contributed by atoms with Crippen LogP contribution in [-0.2, 0) is 17.8 Å². The molecule has 1 aliphatic rings. The zero-order chi connectivity index (χ0) is 27.6. The Bertz CT molecular complexity index is 1300. The summed E-state index contributed by atoms with van der Waals surface area (Å²) in [4.78, 5) is 25.8. The minimum Gasteiger partial charge on any atom is -0.485 e. The lowest BCUT2D eigenvalue weighted by molar-refractivity contribution is -0.119. The third-order valence-corrected chi connectivity index (χ3v) is 7.38. The number of amides is 1. The zero-order valence-corrected chi connectivity index (χ0v) is 23.3. The average molecular weight is 520 g/mol. The highest BCUT2D eigenvalue weighted by atomic mass is 19.1. The molecule has 0 unspecified atom stereocenters. The van der Waals surface area contributed by atoms with Crippen molar-refractivity contribution in [3.63, 3.8) is 0 Å². The Balaban J connectivity index is 1.74. The number of hydrogen-bond acceptors (Lipinski definition) is 6. The van der Waals surface area contributed by atoms with Crippen molar-refractivity contribution < 1.29 is 13.9 Å². The summed E-state index contributed by atoms with van der Waals surface area (Å²) in [6.45, 7) is 14.4. The first-order valence-electron chi connectivity index (χ1n) is 13.2. The molecule has 2 N–H and O–H groups in total. The van der Waals surface area contributed by atoms with Gasteiger partial charge in [0.15, 0.2) is 17.4 Å². The topological polar surface area (TPSA) is 84.6 Å². The third-order valence-electron chi connectivity index (χ3n) is 7.38. The van der Waals surface area contributed by atoms with Gasteiger partial charge in [0.1, 0.15) is 12.4 Å². The molecule has 2 aromatic carbocycles. The van der Waals surface area contributed by atoms with Crippen molar-refractivity contribution in [2.24, 2.45) is 5.73 Å². The molecule has 3 aromatic rings. The van der Waals surface area contributed by atoms with Gasteiger partial charge in [0.2, 0.25) is 5.91 Å². The molecule has 8 heteroatoms. The van der Waals surface area contributed by atoms with E-state index in [2.05, 4.69) is 42.7 Å². The number of nitrogens with zero attached hydrogens (tertiary/aromatic N) is 4. The standard InChI is InChI=1S/C30H38FN5O2/c1-7-23-13-20(4)28(25(31)14-23)38-17-24-22(6)33-29(27-18(2)9-8-10-19(27)3)34-30(24)36-12-11-35(16-26(32)37)21(5)15-36/h8-10,13-14,21H,7,11-12,15-17H2,1-6H3,(H2,32,37)/t21-/m1/s1. The van der Waals surface area contributed by atoms with E-state index < -0.39 is 0 Å². The zero-order valence-electron chi connectivity index (χ0n) is 23.3. The first kappa shape index (κ1) is 27.5. The average Bonchev–Trinajstić information content (AvgIpc) is 2.85. The fraction of sp³-hybridized carbons (Fsp3) is 0.433. The number of piperazine rings is 1. The largest absolute Gasteiger partial charge is 0.485 e. The number of rotatable bonds is 8. The van der Waals surface area contributed by atoms with Crippen LogP contribution in [0.2, 0.25) is 0 Å². The fourth-order valence-corrected chi connectivity index (χ4v) is 5.25. The van der Waals surface area contributed by atoms with Crippen LogP contribution in [0.4, 0.5) is 10.2 Å². The van der Waals surface area contributed by atoms with Crippen molar-refractivity contribution >= 4 is 11.7 Å². The highest BCUT2D eigenvalue weighted by Gasteiger charge is 2.29. The van der Waals surface area contributed by atoms with Crippen LogP contribution in [0, 0.1) is 33.5 Å². The molecule has 1 amide bonds. The highest BCUT2D eigenvalue weighted by Crippen LogP contribution is 2.32. The van der Waals surface area contributed by atoms with Crippen LogP contribution < -0.4 is 15.4 Å². The molecule has 0 radical (unpaired) electrons. The molecule has 0 spiro atoms. The van der Waals surface area contributed by atoms with E-state index in [1.54, 1.807) is 0 Å². The highest BCUT2D eigenvalue weighted by molar-refractivity contribution is 5.76. The van der Waals surface area contributed by atoms with E-state index in [1.165, 1.54) is 6.07 Å². The Morgan fingerprint density at radius 1 is 1.11 bits per heavy atom. The fourth-order valence-electron chi connectivity index (χ4n) is 5.25. The van der Waals surface area contributed by atoms with Crippen molar-refractivity contribution in [2.45, 2.75) is 60.6 Å². The number of anilines is 1. The van der Waals surface area contributed by atoms with Gasteiger partial charge in [0.25, 0.3) is 0 Å². The van der Waals surface area contributed by atoms with E-state index in [0.717, 1.165) is 51.3 Å². The van der Waals surface area contributed by atoms with Gasteiger partial charge in [-0.15, -0.1) is 0 Å². The first-order chi connectivity index (χ1) is 18.1. The second-order valence-corrected chi connectivity index (χ2v) is 10.3. The summed E-state index contributed by atoms with van der Waals surface area (Å²) in [5, 5.41) is 0. The molecule has 1 aliphatic heterocycles. The number of aromatic nitrogens is 2. The van der Waals surface area contributed by atoms with E-state index in [0.29, 0.717) is 25.5 Å². The van der Waals surface area contributed by atoms with Crippen LogP contribution >= 0.6 is 0 Å². The van der Waals surface area contributed by atoms with Gasteiger partial charge in [-0.2, -0.15) is 0 Å².